The second-order valence-corrected chi connectivity index (χ2v) is 6.41. The molecule has 132 valence electrons. The number of carbonyl (C=O) groups excluding carboxylic acids is 1. The minimum atomic E-state index is -0.910. The van der Waals surface area contributed by atoms with Crippen molar-refractivity contribution in [2.75, 3.05) is 18.0 Å². The molecule has 0 saturated carbocycles. The highest BCUT2D eigenvalue weighted by atomic mass is 19.1. The first-order valence-electron chi connectivity index (χ1n) is 8.62. The maximum atomic E-state index is 13.7. The van der Waals surface area contributed by atoms with E-state index in [0.717, 1.165) is 24.2 Å². The molecule has 0 bridgehead atoms. The lowest BCUT2D eigenvalue weighted by Gasteiger charge is -2.21. The van der Waals surface area contributed by atoms with E-state index in [1.54, 1.807) is 18.2 Å². The lowest BCUT2D eigenvalue weighted by molar-refractivity contribution is -0.117. The van der Waals surface area contributed by atoms with Crippen LogP contribution < -0.4 is 10.2 Å². The summed E-state index contributed by atoms with van der Waals surface area (Å²) < 4.78 is 13.7. The van der Waals surface area contributed by atoms with Crippen LogP contribution in [0.2, 0.25) is 0 Å². The van der Waals surface area contributed by atoms with Crippen LogP contribution in [0.4, 0.5) is 10.1 Å². The largest absolute Gasteiger partial charge is 0.387 e. The minimum absolute atomic E-state index is 0.0286. The van der Waals surface area contributed by atoms with E-state index in [-0.39, 0.29) is 18.5 Å². The maximum absolute atomic E-state index is 13.7. The number of carbonyl (C=O) groups is 1. The zero-order valence-corrected chi connectivity index (χ0v) is 14.3. The van der Waals surface area contributed by atoms with Crippen molar-refractivity contribution in [2.45, 2.75) is 31.9 Å². The number of hydrogen-bond acceptors (Lipinski definition) is 3. The molecule has 2 aromatic carbocycles. The second-order valence-electron chi connectivity index (χ2n) is 6.41. The summed E-state index contributed by atoms with van der Waals surface area (Å²) in [5, 5.41) is 13.4. The predicted octanol–water partition coefficient (Wildman–Crippen LogP) is 3.34. The molecule has 25 heavy (non-hydrogen) atoms. The average Bonchev–Trinajstić information content (AvgIpc) is 3.06. The molecule has 1 aliphatic heterocycles. The molecule has 1 aliphatic rings. The molecule has 1 fully saturated rings. The molecule has 0 spiro atoms. The zero-order valence-electron chi connectivity index (χ0n) is 14.3. The van der Waals surface area contributed by atoms with E-state index in [4.69, 9.17) is 0 Å². The van der Waals surface area contributed by atoms with Gasteiger partial charge in [-0.05, 0) is 37.1 Å². The molecule has 1 heterocycles. The number of nitrogens with one attached hydrogen (secondary N) is 1. The molecular formula is C20H23FN2O2. The molecule has 1 saturated heterocycles. The molecule has 2 atom stereocenters. The molecule has 2 aromatic rings. The van der Waals surface area contributed by atoms with Gasteiger partial charge in [0.25, 0.3) is 0 Å². The summed E-state index contributed by atoms with van der Waals surface area (Å²) in [6.45, 7) is 2.99. The Morgan fingerprint density at radius 2 is 2.04 bits per heavy atom. The van der Waals surface area contributed by atoms with E-state index in [1.807, 2.05) is 36.1 Å². The van der Waals surface area contributed by atoms with Gasteiger partial charge >= 0.3 is 0 Å². The van der Waals surface area contributed by atoms with Crippen molar-refractivity contribution < 1.29 is 14.3 Å². The van der Waals surface area contributed by atoms with E-state index < -0.39 is 11.9 Å². The monoisotopic (exact) mass is 342 g/mol. The van der Waals surface area contributed by atoms with Gasteiger partial charge in [-0.15, -0.1) is 0 Å². The maximum Gasteiger partial charge on any atom is 0.227 e. The highest BCUT2D eigenvalue weighted by Crippen LogP contribution is 2.25. The fourth-order valence-electron chi connectivity index (χ4n) is 3.14. The van der Waals surface area contributed by atoms with Gasteiger partial charge in [-0.2, -0.15) is 0 Å². The van der Waals surface area contributed by atoms with E-state index in [1.165, 1.54) is 6.07 Å². The molecule has 2 N–H and O–H groups in total. The number of rotatable bonds is 6. The summed E-state index contributed by atoms with van der Waals surface area (Å²) >= 11 is 0. The molecule has 3 rings (SSSR count). The highest BCUT2D eigenvalue weighted by Gasteiger charge is 2.22. The van der Waals surface area contributed by atoms with Crippen LogP contribution in [0.1, 0.15) is 43.0 Å². The van der Waals surface area contributed by atoms with Gasteiger partial charge in [-0.25, -0.2) is 4.39 Å². The number of aliphatic hydroxyl groups excluding tert-OH is 1. The van der Waals surface area contributed by atoms with E-state index in [9.17, 15) is 14.3 Å². The average molecular weight is 342 g/mol. The molecule has 1 amide bonds. The Labute approximate surface area is 147 Å². The van der Waals surface area contributed by atoms with Crippen LogP contribution in [-0.2, 0) is 4.79 Å². The number of aliphatic hydroxyl groups is 1. The summed E-state index contributed by atoms with van der Waals surface area (Å²) in [5.41, 5.74) is 2.22. The van der Waals surface area contributed by atoms with Crippen LogP contribution in [0.5, 0.6) is 0 Å². The Bertz CT molecular complexity index is 750. The fourth-order valence-corrected chi connectivity index (χ4v) is 3.14. The number of nitrogens with zero attached hydrogens (tertiary/aromatic N) is 1. The van der Waals surface area contributed by atoms with Crippen LogP contribution in [0, 0.1) is 5.82 Å². The van der Waals surface area contributed by atoms with Crippen LogP contribution in [0.3, 0.4) is 0 Å². The summed E-state index contributed by atoms with van der Waals surface area (Å²) in [4.78, 5) is 13.7. The molecule has 2 unspecified atom stereocenters. The van der Waals surface area contributed by atoms with Gasteiger partial charge in [0.2, 0.25) is 5.91 Å². The second kappa shape index (κ2) is 7.76. The summed E-state index contributed by atoms with van der Waals surface area (Å²) in [6.07, 6.45) is 0.588. The smallest absolute Gasteiger partial charge is 0.227 e. The van der Waals surface area contributed by atoms with Crippen molar-refractivity contribution in [1.29, 1.82) is 0 Å². The van der Waals surface area contributed by atoms with E-state index in [0.29, 0.717) is 12.0 Å². The van der Waals surface area contributed by atoms with Crippen LogP contribution in [0.25, 0.3) is 0 Å². The number of halogens is 1. The molecule has 5 heteroatoms. The third-order valence-electron chi connectivity index (χ3n) is 4.64. The normalized spacial score (nSPS) is 16.9. The van der Waals surface area contributed by atoms with Gasteiger partial charge in [0.1, 0.15) is 5.82 Å². The van der Waals surface area contributed by atoms with E-state index >= 15 is 0 Å². The third-order valence-corrected chi connectivity index (χ3v) is 4.64. The van der Waals surface area contributed by atoms with Crippen molar-refractivity contribution >= 4 is 11.6 Å². The first-order valence-corrected chi connectivity index (χ1v) is 8.62. The van der Waals surface area contributed by atoms with Gasteiger partial charge in [0.05, 0.1) is 6.10 Å². The highest BCUT2D eigenvalue weighted by molar-refractivity contribution is 5.95. The standard InChI is InChI=1S/C20H23FN2O2/c1-14(22-13-19(24)17-8-2-3-9-18(17)21)15-6-4-7-16(12-15)23-11-5-10-20(23)25/h2-4,6-9,12,14,19,22,24H,5,10-11,13H2,1H3. The zero-order chi connectivity index (χ0) is 17.8. The van der Waals surface area contributed by atoms with Crippen LogP contribution in [0.15, 0.2) is 48.5 Å². The number of amides is 1. The van der Waals surface area contributed by atoms with Crippen molar-refractivity contribution in [3.05, 3.63) is 65.5 Å². The van der Waals surface area contributed by atoms with Gasteiger partial charge in [0.15, 0.2) is 0 Å². The molecule has 0 radical (unpaired) electrons. The fraction of sp³-hybridized carbons (Fsp3) is 0.350. The molecule has 0 aromatic heterocycles. The number of benzene rings is 2. The van der Waals surface area contributed by atoms with Crippen molar-refractivity contribution in [2.24, 2.45) is 0 Å². The number of anilines is 1. The van der Waals surface area contributed by atoms with E-state index in [2.05, 4.69) is 5.32 Å². The third kappa shape index (κ3) is 4.06. The van der Waals surface area contributed by atoms with Gasteiger partial charge in [-0.3, -0.25) is 4.79 Å². The molecular weight excluding hydrogens is 319 g/mol. The van der Waals surface area contributed by atoms with Crippen LogP contribution in [-0.4, -0.2) is 24.1 Å². The molecule has 4 nitrogen and oxygen atoms in total. The predicted molar refractivity (Wildman–Crippen MR) is 95.8 cm³/mol. The summed E-state index contributed by atoms with van der Waals surface area (Å²) in [6, 6.07) is 14.1. The first kappa shape index (κ1) is 17.6. The van der Waals surface area contributed by atoms with Crippen LogP contribution >= 0.6 is 0 Å². The first-order chi connectivity index (χ1) is 12.1. The van der Waals surface area contributed by atoms with Crippen molar-refractivity contribution in [3.8, 4) is 0 Å². The Morgan fingerprint density at radius 1 is 1.24 bits per heavy atom. The lowest BCUT2D eigenvalue weighted by Crippen LogP contribution is -2.26. The van der Waals surface area contributed by atoms with Crippen molar-refractivity contribution in [1.82, 2.24) is 5.32 Å². The Morgan fingerprint density at radius 3 is 2.76 bits per heavy atom. The Balaban J connectivity index is 1.64. The van der Waals surface area contributed by atoms with Crippen molar-refractivity contribution in [3.63, 3.8) is 0 Å². The lowest BCUT2D eigenvalue weighted by atomic mass is 10.1. The Kier molecular flexibility index (Phi) is 5.46. The number of hydrogen-bond donors (Lipinski definition) is 2. The summed E-state index contributed by atoms with van der Waals surface area (Å²) in [5.74, 6) is -0.244. The van der Waals surface area contributed by atoms with Gasteiger partial charge in [0, 0.05) is 36.8 Å². The quantitative estimate of drug-likeness (QED) is 0.847. The minimum Gasteiger partial charge on any atom is -0.387 e. The van der Waals surface area contributed by atoms with Gasteiger partial charge < -0.3 is 15.3 Å². The topological polar surface area (TPSA) is 52.6 Å². The van der Waals surface area contributed by atoms with Gasteiger partial charge in [-0.1, -0.05) is 30.3 Å². The summed E-state index contributed by atoms with van der Waals surface area (Å²) in [7, 11) is 0. The Hall–Kier alpha value is -2.24. The SMILES string of the molecule is CC(NCC(O)c1ccccc1F)c1cccc(N2CCCC2=O)c1. The molecule has 0 aliphatic carbocycles.